The van der Waals surface area contributed by atoms with Crippen molar-refractivity contribution in [3.05, 3.63) is 107 Å². The molecule has 2 aliphatic heterocycles. The molecule has 0 aliphatic carbocycles. The van der Waals surface area contributed by atoms with Crippen LogP contribution in [0, 0.1) is 17.6 Å². The van der Waals surface area contributed by atoms with E-state index in [2.05, 4.69) is 36.1 Å². The van der Waals surface area contributed by atoms with Crippen LogP contribution >= 0.6 is 0 Å². The molecule has 4 nitrogen and oxygen atoms in total. The smallest absolute Gasteiger partial charge is 0.410 e. The molecule has 0 saturated carbocycles. The van der Waals surface area contributed by atoms with E-state index in [-0.39, 0.29) is 18.2 Å². The summed E-state index contributed by atoms with van der Waals surface area (Å²) in [5.41, 5.74) is 2.83. The van der Waals surface area contributed by atoms with Gasteiger partial charge in [-0.1, -0.05) is 80.4 Å². The van der Waals surface area contributed by atoms with E-state index in [0.717, 1.165) is 42.9 Å². The summed E-state index contributed by atoms with van der Waals surface area (Å²) in [6, 6.07) is 23.8. The fourth-order valence-electron chi connectivity index (χ4n) is 6.23. The van der Waals surface area contributed by atoms with Gasteiger partial charge in [-0.15, -0.1) is 0 Å². The number of hydrogen-bond donors (Lipinski definition) is 0. The number of halogens is 2. The van der Waals surface area contributed by atoms with Crippen molar-refractivity contribution >= 4 is 6.09 Å². The average molecular weight is 519 g/mol. The lowest BCUT2D eigenvalue weighted by Crippen LogP contribution is -2.52. The summed E-state index contributed by atoms with van der Waals surface area (Å²) in [7, 11) is 0. The van der Waals surface area contributed by atoms with Gasteiger partial charge in [0.2, 0.25) is 0 Å². The number of ether oxygens (including phenoxy) is 1. The van der Waals surface area contributed by atoms with E-state index < -0.39 is 17.7 Å². The maximum Gasteiger partial charge on any atom is 0.410 e. The lowest BCUT2D eigenvalue weighted by atomic mass is 9.83. The van der Waals surface area contributed by atoms with Crippen molar-refractivity contribution < 1.29 is 18.3 Å². The zero-order valence-electron chi connectivity index (χ0n) is 21.9. The topological polar surface area (TPSA) is 32.8 Å². The summed E-state index contributed by atoms with van der Waals surface area (Å²) in [6.45, 7) is 4.14. The minimum absolute atomic E-state index is 0.0507. The fourth-order valence-corrected chi connectivity index (χ4v) is 6.23. The second-order valence-corrected chi connectivity index (χ2v) is 10.7. The number of carbonyl (C=O) groups excluding carboxylic acids is 1. The Morgan fingerprint density at radius 1 is 0.921 bits per heavy atom. The molecule has 1 amide bonds. The Bertz CT molecular complexity index is 1140. The molecular formula is C32H36F2N2O2. The number of rotatable bonds is 10. The first-order valence-electron chi connectivity index (χ1n) is 13.7. The predicted molar refractivity (Wildman–Crippen MR) is 144 cm³/mol. The first kappa shape index (κ1) is 26.4. The van der Waals surface area contributed by atoms with Crippen LogP contribution in [0.4, 0.5) is 13.6 Å². The van der Waals surface area contributed by atoms with Gasteiger partial charge < -0.3 is 9.64 Å². The van der Waals surface area contributed by atoms with Crippen LogP contribution in [0.2, 0.25) is 0 Å². The molecule has 6 heteroatoms. The number of benzene rings is 3. The van der Waals surface area contributed by atoms with Crippen LogP contribution in [0.1, 0.15) is 49.3 Å². The molecule has 5 rings (SSSR count). The largest absolute Gasteiger partial charge is 0.442 e. The van der Waals surface area contributed by atoms with Crippen LogP contribution < -0.4 is 0 Å². The van der Waals surface area contributed by atoms with Gasteiger partial charge in [-0.25, -0.2) is 13.6 Å². The number of amides is 1. The number of fused-ring (bicyclic) bond motifs is 1. The van der Waals surface area contributed by atoms with Crippen molar-refractivity contribution in [2.75, 3.05) is 6.54 Å². The summed E-state index contributed by atoms with van der Waals surface area (Å²) < 4.78 is 34.7. The van der Waals surface area contributed by atoms with E-state index in [0.29, 0.717) is 37.5 Å². The number of hydrogen-bond acceptors (Lipinski definition) is 3. The summed E-state index contributed by atoms with van der Waals surface area (Å²) in [5.74, 6) is -0.647. The second-order valence-electron chi connectivity index (χ2n) is 10.7. The molecule has 2 fully saturated rings. The maximum absolute atomic E-state index is 14.3. The molecule has 1 unspecified atom stereocenters. The molecule has 2 aliphatic rings. The standard InChI is InChI=1S/C32H36F2N2O2/c1-2-9-23-14-15-36-30(18-23)31(38-32(36)37)29(19-26-16-27(33)20-28(34)17-26)35(21-24-10-5-3-6-11-24)22-25-12-7-4-8-13-25/h3-8,10-13,16-17,20,23,29-31H,2,9,14-15,18-19,21-22H2,1H3/t23?,29-,30-,31-/m0/s1. The minimum atomic E-state index is -0.595. The molecule has 3 aromatic rings. The monoisotopic (exact) mass is 518 g/mol. The highest BCUT2D eigenvalue weighted by atomic mass is 19.1. The summed E-state index contributed by atoms with van der Waals surface area (Å²) >= 11 is 0. The first-order chi connectivity index (χ1) is 18.5. The quantitative estimate of drug-likeness (QED) is 0.290. The Hall–Kier alpha value is -3.25. The van der Waals surface area contributed by atoms with Crippen molar-refractivity contribution in [1.82, 2.24) is 9.80 Å². The SMILES string of the molecule is CCCC1CCN2C(=O)O[C@@H]([C@H](Cc3cc(F)cc(F)c3)N(Cc3ccccc3)Cc3ccccc3)[C@@H]2C1. The first-order valence-corrected chi connectivity index (χ1v) is 13.7. The third kappa shape index (κ3) is 6.24. The Balaban J connectivity index is 1.53. The molecule has 2 saturated heterocycles. The number of nitrogens with zero attached hydrogens (tertiary/aromatic N) is 2. The molecular weight excluding hydrogens is 482 g/mol. The highest BCUT2D eigenvalue weighted by molar-refractivity contribution is 5.71. The van der Waals surface area contributed by atoms with Crippen molar-refractivity contribution in [3.63, 3.8) is 0 Å². The molecule has 0 aromatic heterocycles. The molecule has 38 heavy (non-hydrogen) atoms. The molecule has 4 atom stereocenters. The predicted octanol–water partition coefficient (Wildman–Crippen LogP) is 6.98. The van der Waals surface area contributed by atoms with E-state index in [1.165, 1.54) is 12.1 Å². The zero-order valence-corrected chi connectivity index (χ0v) is 21.9. The number of carbonyl (C=O) groups is 1. The van der Waals surface area contributed by atoms with Gasteiger partial charge in [0, 0.05) is 25.7 Å². The molecule has 200 valence electrons. The molecule has 3 aromatic carbocycles. The van der Waals surface area contributed by atoms with Crippen molar-refractivity contribution in [2.24, 2.45) is 5.92 Å². The maximum atomic E-state index is 14.3. The fraction of sp³-hybridized carbons (Fsp3) is 0.406. The Morgan fingerprint density at radius 2 is 1.53 bits per heavy atom. The van der Waals surface area contributed by atoms with E-state index in [1.54, 1.807) is 0 Å². The van der Waals surface area contributed by atoms with Crippen LogP contribution in [-0.4, -0.2) is 40.6 Å². The Kier molecular flexibility index (Phi) is 8.38. The Labute approximate surface area is 224 Å². The van der Waals surface area contributed by atoms with E-state index in [1.807, 2.05) is 41.3 Å². The van der Waals surface area contributed by atoms with E-state index in [4.69, 9.17) is 4.74 Å². The van der Waals surface area contributed by atoms with Gasteiger partial charge in [-0.3, -0.25) is 4.90 Å². The molecule has 0 spiro atoms. The van der Waals surface area contributed by atoms with Crippen molar-refractivity contribution in [3.8, 4) is 0 Å². The summed E-state index contributed by atoms with van der Waals surface area (Å²) in [6.07, 6.45) is 3.81. The van der Waals surface area contributed by atoms with Gasteiger partial charge in [0.1, 0.15) is 17.7 Å². The lowest BCUT2D eigenvalue weighted by Gasteiger charge is -2.40. The van der Waals surface area contributed by atoms with Gasteiger partial charge in [0.15, 0.2) is 0 Å². The summed E-state index contributed by atoms with van der Waals surface area (Å²) in [4.78, 5) is 17.3. The molecule has 0 radical (unpaired) electrons. The van der Waals surface area contributed by atoms with E-state index in [9.17, 15) is 13.6 Å². The molecule has 0 N–H and O–H groups in total. The van der Waals surface area contributed by atoms with Crippen molar-refractivity contribution in [1.29, 1.82) is 0 Å². The van der Waals surface area contributed by atoms with Crippen LogP contribution in [0.25, 0.3) is 0 Å². The van der Waals surface area contributed by atoms with Crippen LogP contribution in [-0.2, 0) is 24.2 Å². The molecule has 2 heterocycles. The molecule has 0 bridgehead atoms. The lowest BCUT2D eigenvalue weighted by molar-refractivity contribution is 0.0270. The zero-order chi connectivity index (χ0) is 26.5. The Morgan fingerprint density at radius 3 is 2.11 bits per heavy atom. The van der Waals surface area contributed by atoms with Crippen molar-refractivity contribution in [2.45, 2.75) is 70.3 Å². The van der Waals surface area contributed by atoms with Crippen LogP contribution in [0.15, 0.2) is 78.9 Å². The van der Waals surface area contributed by atoms with Crippen LogP contribution in [0.5, 0.6) is 0 Å². The number of cyclic esters (lactones) is 1. The third-order valence-electron chi connectivity index (χ3n) is 7.97. The highest BCUT2D eigenvalue weighted by Crippen LogP contribution is 2.37. The van der Waals surface area contributed by atoms with Gasteiger partial charge in [-0.05, 0) is 54.0 Å². The van der Waals surface area contributed by atoms with E-state index >= 15 is 0 Å². The van der Waals surface area contributed by atoms with Gasteiger partial charge >= 0.3 is 6.09 Å². The van der Waals surface area contributed by atoms with Gasteiger partial charge in [0.05, 0.1) is 12.1 Å². The third-order valence-corrected chi connectivity index (χ3v) is 7.97. The second kappa shape index (κ2) is 12.1. The van der Waals surface area contributed by atoms with Crippen LogP contribution in [0.3, 0.4) is 0 Å². The average Bonchev–Trinajstić information content (AvgIpc) is 3.23. The highest BCUT2D eigenvalue weighted by Gasteiger charge is 2.49. The van der Waals surface area contributed by atoms with Gasteiger partial charge in [-0.2, -0.15) is 0 Å². The summed E-state index contributed by atoms with van der Waals surface area (Å²) in [5, 5.41) is 0. The van der Waals surface area contributed by atoms with Gasteiger partial charge in [0.25, 0.3) is 0 Å². The minimum Gasteiger partial charge on any atom is -0.442 e. The number of piperidine rings is 1. The normalized spacial score (nSPS) is 21.8.